The first-order chi connectivity index (χ1) is 4.83. The van der Waals surface area contributed by atoms with Gasteiger partial charge in [-0.1, -0.05) is 13.8 Å². The molecule has 1 atom stereocenters. The minimum atomic E-state index is -2.77. The van der Waals surface area contributed by atoms with Gasteiger partial charge >= 0.3 is 0 Å². The van der Waals surface area contributed by atoms with Crippen molar-refractivity contribution in [1.29, 1.82) is 0 Å². The zero-order valence-corrected chi connectivity index (χ0v) is 8.24. The summed E-state index contributed by atoms with van der Waals surface area (Å²) in [5.41, 5.74) is 0.00530. The normalized spacial score (nSPS) is 35.0. The largest absolute Gasteiger partial charge is 0.229 e. The summed E-state index contributed by atoms with van der Waals surface area (Å²) in [4.78, 5) is 0. The van der Waals surface area contributed by atoms with Gasteiger partial charge in [0.15, 0.2) is 9.84 Å². The molecule has 0 saturated carbocycles. The zero-order chi connectivity index (χ0) is 8.70. The van der Waals surface area contributed by atoms with Crippen LogP contribution < -0.4 is 0 Å². The maximum absolute atomic E-state index is 11.4. The number of hydrogen-bond acceptors (Lipinski definition) is 2. The molecule has 1 saturated heterocycles. The standard InChI is InChI=1S/C8H16O2S/c1-7-4-5-8(2,3)6-11(7,9)10/h7H,4-6H2,1-3H3. The summed E-state index contributed by atoms with van der Waals surface area (Å²) in [5, 5.41) is -0.115. The fraction of sp³-hybridized carbons (Fsp3) is 1.00. The number of rotatable bonds is 0. The van der Waals surface area contributed by atoms with Crippen molar-refractivity contribution in [3.63, 3.8) is 0 Å². The molecule has 0 aliphatic carbocycles. The molecular formula is C8H16O2S. The van der Waals surface area contributed by atoms with E-state index in [4.69, 9.17) is 0 Å². The Morgan fingerprint density at radius 2 is 1.91 bits per heavy atom. The first kappa shape index (κ1) is 9.04. The first-order valence-corrected chi connectivity index (χ1v) is 5.77. The molecule has 1 fully saturated rings. The SMILES string of the molecule is CC1CCC(C)(C)CS1(=O)=O. The molecule has 1 aliphatic heterocycles. The van der Waals surface area contributed by atoms with E-state index in [2.05, 4.69) is 0 Å². The van der Waals surface area contributed by atoms with Gasteiger partial charge in [-0.05, 0) is 25.2 Å². The Morgan fingerprint density at radius 3 is 2.27 bits per heavy atom. The molecule has 0 amide bonds. The molecule has 1 unspecified atom stereocenters. The number of hydrogen-bond donors (Lipinski definition) is 0. The molecule has 0 aromatic carbocycles. The monoisotopic (exact) mass is 176 g/mol. The van der Waals surface area contributed by atoms with Gasteiger partial charge in [0.1, 0.15) is 0 Å². The van der Waals surface area contributed by atoms with Crippen LogP contribution in [-0.4, -0.2) is 19.4 Å². The number of sulfone groups is 1. The Bertz CT molecular complexity index is 239. The molecule has 66 valence electrons. The van der Waals surface area contributed by atoms with Crippen molar-refractivity contribution in [2.24, 2.45) is 5.41 Å². The van der Waals surface area contributed by atoms with Crippen molar-refractivity contribution < 1.29 is 8.42 Å². The summed E-state index contributed by atoms with van der Waals surface area (Å²) in [7, 11) is -2.77. The fourth-order valence-electron chi connectivity index (χ4n) is 1.53. The minimum absolute atomic E-state index is 0.00530. The maximum atomic E-state index is 11.4. The smallest absolute Gasteiger partial charge is 0.153 e. The summed E-state index contributed by atoms with van der Waals surface area (Å²) >= 11 is 0. The Labute approximate surface area is 68.9 Å². The molecule has 2 nitrogen and oxygen atoms in total. The highest BCUT2D eigenvalue weighted by molar-refractivity contribution is 7.92. The predicted molar refractivity (Wildman–Crippen MR) is 46.3 cm³/mol. The molecule has 1 aliphatic rings. The van der Waals surface area contributed by atoms with E-state index in [1.807, 2.05) is 20.8 Å². The van der Waals surface area contributed by atoms with Gasteiger partial charge in [0.25, 0.3) is 0 Å². The molecular weight excluding hydrogens is 160 g/mol. The first-order valence-electron chi connectivity index (χ1n) is 4.05. The highest BCUT2D eigenvalue weighted by Crippen LogP contribution is 2.33. The molecule has 3 heteroatoms. The van der Waals surface area contributed by atoms with Gasteiger partial charge in [-0.15, -0.1) is 0 Å². The lowest BCUT2D eigenvalue weighted by molar-refractivity contribution is 0.343. The Hall–Kier alpha value is -0.0500. The second-order valence-electron chi connectivity index (χ2n) is 4.32. The van der Waals surface area contributed by atoms with Gasteiger partial charge < -0.3 is 0 Å². The lowest BCUT2D eigenvalue weighted by Gasteiger charge is -2.32. The van der Waals surface area contributed by atoms with Crippen molar-refractivity contribution >= 4 is 9.84 Å². The van der Waals surface area contributed by atoms with Crippen LogP contribution in [0.2, 0.25) is 0 Å². The highest BCUT2D eigenvalue weighted by Gasteiger charge is 2.35. The lowest BCUT2D eigenvalue weighted by Crippen LogP contribution is -2.36. The van der Waals surface area contributed by atoms with Crippen LogP contribution in [0.25, 0.3) is 0 Å². The van der Waals surface area contributed by atoms with Crippen LogP contribution in [-0.2, 0) is 9.84 Å². The second-order valence-corrected chi connectivity index (χ2v) is 6.74. The van der Waals surface area contributed by atoms with Crippen molar-refractivity contribution in [1.82, 2.24) is 0 Å². The Balaban J connectivity index is 2.84. The summed E-state index contributed by atoms with van der Waals surface area (Å²) in [5.74, 6) is 0.362. The van der Waals surface area contributed by atoms with Crippen LogP contribution in [0.3, 0.4) is 0 Å². The molecule has 0 aromatic heterocycles. The average Bonchev–Trinajstić information content (AvgIpc) is 1.77. The third-order valence-electron chi connectivity index (χ3n) is 2.43. The van der Waals surface area contributed by atoms with Gasteiger partial charge in [0, 0.05) is 0 Å². The summed E-state index contributed by atoms with van der Waals surface area (Å²) < 4.78 is 22.8. The molecule has 1 heterocycles. The Kier molecular flexibility index (Phi) is 2.03. The van der Waals surface area contributed by atoms with E-state index in [1.54, 1.807) is 0 Å². The van der Waals surface area contributed by atoms with Crippen LogP contribution in [0, 0.1) is 5.41 Å². The molecule has 0 aromatic rings. The van der Waals surface area contributed by atoms with Crippen LogP contribution in [0.15, 0.2) is 0 Å². The zero-order valence-electron chi connectivity index (χ0n) is 7.42. The van der Waals surface area contributed by atoms with Gasteiger partial charge in [-0.3, -0.25) is 0 Å². The molecule has 11 heavy (non-hydrogen) atoms. The van der Waals surface area contributed by atoms with Crippen LogP contribution in [0.1, 0.15) is 33.6 Å². The van der Waals surface area contributed by atoms with E-state index in [0.717, 1.165) is 12.8 Å². The third kappa shape index (κ3) is 1.95. The summed E-state index contributed by atoms with van der Waals surface area (Å²) in [6.07, 6.45) is 1.86. The molecule has 0 bridgehead atoms. The van der Waals surface area contributed by atoms with E-state index >= 15 is 0 Å². The van der Waals surface area contributed by atoms with Crippen LogP contribution >= 0.6 is 0 Å². The molecule has 1 rings (SSSR count). The van der Waals surface area contributed by atoms with Gasteiger partial charge in [0.05, 0.1) is 11.0 Å². The summed E-state index contributed by atoms with van der Waals surface area (Å²) in [6, 6.07) is 0. The Morgan fingerprint density at radius 1 is 1.36 bits per heavy atom. The quantitative estimate of drug-likeness (QED) is 0.562. The van der Waals surface area contributed by atoms with Gasteiger partial charge in [-0.25, -0.2) is 8.42 Å². The predicted octanol–water partition coefficient (Wildman–Crippen LogP) is 1.61. The third-order valence-corrected chi connectivity index (χ3v) is 5.08. The van der Waals surface area contributed by atoms with Crippen LogP contribution in [0.4, 0.5) is 0 Å². The molecule has 0 radical (unpaired) electrons. The van der Waals surface area contributed by atoms with Crippen molar-refractivity contribution in [3.05, 3.63) is 0 Å². The fourth-order valence-corrected chi connectivity index (χ4v) is 3.53. The van der Waals surface area contributed by atoms with Crippen molar-refractivity contribution in [2.75, 3.05) is 5.75 Å². The maximum Gasteiger partial charge on any atom is 0.153 e. The van der Waals surface area contributed by atoms with E-state index in [-0.39, 0.29) is 10.7 Å². The molecule has 0 spiro atoms. The van der Waals surface area contributed by atoms with Crippen molar-refractivity contribution in [3.8, 4) is 0 Å². The van der Waals surface area contributed by atoms with E-state index in [1.165, 1.54) is 0 Å². The minimum Gasteiger partial charge on any atom is -0.229 e. The van der Waals surface area contributed by atoms with Crippen LogP contribution in [0.5, 0.6) is 0 Å². The lowest BCUT2D eigenvalue weighted by atomic mass is 9.89. The summed E-state index contributed by atoms with van der Waals surface area (Å²) in [6.45, 7) is 5.86. The van der Waals surface area contributed by atoms with E-state index in [9.17, 15) is 8.42 Å². The van der Waals surface area contributed by atoms with Crippen molar-refractivity contribution in [2.45, 2.75) is 38.9 Å². The van der Waals surface area contributed by atoms with Gasteiger partial charge in [-0.2, -0.15) is 0 Å². The molecule has 0 N–H and O–H groups in total. The topological polar surface area (TPSA) is 34.1 Å². The second kappa shape index (κ2) is 2.47. The highest BCUT2D eigenvalue weighted by atomic mass is 32.2. The average molecular weight is 176 g/mol. The van der Waals surface area contributed by atoms with Gasteiger partial charge in [0.2, 0.25) is 0 Å². The van der Waals surface area contributed by atoms with E-state index < -0.39 is 9.84 Å². The van der Waals surface area contributed by atoms with E-state index in [0.29, 0.717) is 5.75 Å².